The van der Waals surface area contributed by atoms with Crippen molar-refractivity contribution in [3.8, 4) is 0 Å². The summed E-state index contributed by atoms with van der Waals surface area (Å²) in [6.45, 7) is 6.38. The summed E-state index contributed by atoms with van der Waals surface area (Å²) in [5.74, 6) is 1.43. The minimum absolute atomic E-state index is 0.0218. The molecule has 25 heavy (non-hydrogen) atoms. The molecular weight excluding hydrogens is 318 g/mol. The summed E-state index contributed by atoms with van der Waals surface area (Å²) in [7, 11) is 0. The van der Waals surface area contributed by atoms with Gasteiger partial charge in [-0.1, -0.05) is 0 Å². The van der Waals surface area contributed by atoms with E-state index in [-0.39, 0.29) is 17.9 Å². The number of fused-ring (bicyclic) bond motifs is 1. The molecule has 0 saturated carbocycles. The van der Waals surface area contributed by atoms with E-state index in [1.165, 1.54) is 0 Å². The van der Waals surface area contributed by atoms with Crippen LogP contribution in [-0.2, 0) is 9.59 Å². The number of nitrogens with one attached hydrogen (secondary N) is 1. The van der Waals surface area contributed by atoms with E-state index in [4.69, 9.17) is 0 Å². The van der Waals surface area contributed by atoms with Crippen molar-refractivity contribution in [3.05, 3.63) is 18.5 Å². The molecule has 1 aromatic rings. The highest BCUT2D eigenvalue weighted by Crippen LogP contribution is 2.33. The van der Waals surface area contributed by atoms with E-state index in [1.54, 1.807) is 12.4 Å². The van der Waals surface area contributed by atoms with Crippen molar-refractivity contribution in [2.45, 2.75) is 51.6 Å². The quantitative estimate of drug-likeness (QED) is 0.838. The number of aromatic nitrogens is 2. The summed E-state index contributed by atoms with van der Waals surface area (Å²) in [4.78, 5) is 37.0. The first-order valence-corrected chi connectivity index (χ1v) is 9.15. The van der Waals surface area contributed by atoms with Crippen molar-refractivity contribution in [1.82, 2.24) is 20.2 Å². The molecule has 2 saturated heterocycles. The molecule has 7 nitrogen and oxygen atoms in total. The fourth-order valence-electron chi connectivity index (χ4n) is 3.81. The van der Waals surface area contributed by atoms with Gasteiger partial charge in [0.05, 0.1) is 6.04 Å². The van der Waals surface area contributed by atoms with E-state index in [0.717, 1.165) is 32.0 Å². The third-order valence-electron chi connectivity index (χ3n) is 4.95. The molecule has 136 valence electrons. The van der Waals surface area contributed by atoms with Crippen LogP contribution in [0.15, 0.2) is 18.5 Å². The first-order valence-electron chi connectivity index (χ1n) is 9.15. The largest absolute Gasteiger partial charge is 0.354 e. The highest BCUT2D eigenvalue weighted by Gasteiger charge is 2.43. The van der Waals surface area contributed by atoms with Crippen molar-refractivity contribution in [1.29, 1.82) is 0 Å². The molecule has 2 fully saturated rings. The van der Waals surface area contributed by atoms with Crippen LogP contribution in [0.25, 0.3) is 0 Å². The molecule has 1 aromatic heterocycles. The monoisotopic (exact) mass is 345 g/mol. The van der Waals surface area contributed by atoms with Crippen molar-refractivity contribution >= 4 is 17.8 Å². The smallest absolute Gasteiger partial charge is 0.225 e. The second-order valence-corrected chi connectivity index (χ2v) is 7.23. The van der Waals surface area contributed by atoms with Crippen molar-refractivity contribution < 1.29 is 9.59 Å². The maximum atomic E-state index is 12.5. The van der Waals surface area contributed by atoms with Gasteiger partial charge in [-0.2, -0.15) is 0 Å². The zero-order valence-electron chi connectivity index (χ0n) is 15.0. The lowest BCUT2D eigenvalue weighted by Crippen LogP contribution is -2.38. The molecule has 0 aromatic carbocycles. The third kappa shape index (κ3) is 4.27. The number of hydrogen-bond donors (Lipinski definition) is 1. The summed E-state index contributed by atoms with van der Waals surface area (Å²) >= 11 is 0. The van der Waals surface area contributed by atoms with Crippen LogP contribution < -0.4 is 10.2 Å². The fourth-order valence-corrected chi connectivity index (χ4v) is 3.81. The molecule has 1 N–H and O–H groups in total. The Morgan fingerprint density at radius 2 is 2.00 bits per heavy atom. The van der Waals surface area contributed by atoms with Gasteiger partial charge in [0, 0.05) is 56.8 Å². The molecule has 0 unspecified atom stereocenters. The van der Waals surface area contributed by atoms with Gasteiger partial charge >= 0.3 is 0 Å². The summed E-state index contributed by atoms with van der Waals surface area (Å²) in [5, 5.41) is 2.86. The zero-order chi connectivity index (χ0) is 17.8. The summed E-state index contributed by atoms with van der Waals surface area (Å²) < 4.78 is 0. The lowest BCUT2D eigenvalue weighted by Gasteiger charge is -2.24. The first kappa shape index (κ1) is 17.6. The van der Waals surface area contributed by atoms with Crippen LogP contribution in [0.2, 0.25) is 0 Å². The minimum Gasteiger partial charge on any atom is -0.354 e. The lowest BCUT2D eigenvalue weighted by atomic mass is 10.1. The van der Waals surface area contributed by atoms with Gasteiger partial charge in [-0.05, 0) is 32.8 Å². The molecule has 3 heterocycles. The molecule has 0 radical (unpaired) electrons. The average molecular weight is 345 g/mol. The summed E-state index contributed by atoms with van der Waals surface area (Å²) in [5.41, 5.74) is 0. The number of carbonyl (C=O) groups is 2. The van der Waals surface area contributed by atoms with E-state index < -0.39 is 0 Å². The minimum atomic E-state index is 0.0218. The van der Waals surface area contributed by atoms with Gasteiger partial charge in [0.2, 0.25) is 17.8 Å². The van der Waals surface area contributed by atoms with Gasteiger partial charge in [-0.25, -0.2) is 9.97 Å². The van der Waals surface area contributed by atoms with Crippen LogP contribution in [0.3, 0.4) is 0 Å². The lowest BCUT2D eigenvalue weighted by molar-refractivity contribution is -0.130. The predicted molar refractivity (Wildman–Crippen MR) is 95.0 cm³/mol. The molecule has 2 amide bonds. The van der Waals surface area contributed by atoms with Gasteiger partial charge < -0.3 is 15.1 Å². The van der Waals surface area contributed by atoms with Gasteiger partial charge in [-0.15, -0.1) is 0 Å². The molecule has 2 atom stereocenters. The van der Waals surface area contributed by atoms with Crippen LogP contribution in [-0.4, -0.2) is 58.4 Å². The molecule has 0 aliphatic carbocycles. The van der Waals surface area contributed by atoms with Crippen LogP contribution in [0, 0.1) is 5.92 Å². The number of carbonyl (C=O) groups excluding carboxylic acids is 2. The van der Waals surface area contributed by atoms with Gasteiger partial charge in [-0.3, -0.25) is 9.59 Å². The van der Waals surface area contributed by atoms with Crippen LogP contribution in [0.5, 0.6) is 0 Å². The highest BCUT2D eigenvalue weighted by atomic mass is 16.2. The summed E-state index contributed by atoms with van der Waals surface area (Å²) in [6, 6.07) is 2.28. The normalized spacial score (nSPS) is 22.4. The Hall–Kier alpha value is -2.18. The molecular formula is C18H27N5O2. The Labute approximate surface area is 148 Å². The van der Waals surface area contributed by atoms with Gasteiger partial charge in [0.1, 0.15) is 0 Å². The van der Waals surface area contributed by atoms with Crippen molar-refractivity contribution in [2.75, 3.05) is 24.5 Å². The first-order chi connectivity index (χ1) is 12.0. The zero-order valence-corrected chi connectivity index (χ0v) is 15.0. The standard InChI is InChI=1S/C18H27N5O2/c1-13(2)21-16(24)5-3-6-17(25)22-11-14-7-10-23(15(14)12-22)18-19-8-4-9-20-18/h4,8-9,13-15H,3,5-7,10-12H2,1-2H3,(H,21,24)/t14-,15+/m0/s1. The SMILES string of the molecule is CC(C)NC(=O)CCCC(=O)N1C[C@@H]2CCN(c3ncccn3)[C@@H]2C1. The van der Waals surface area contributed by atoms with E-state index >= 15 is 0 Å². The van der Waals surface area contributed by atoms with Crippen molar-refractivity contribution in [3.63, 3.8) is 0 Å². The number of anilines is 1. The van der Waals surface area contributed by atoms with E-state index in [2.05, 4.69) is 20.2 Å². The second kappa shape index (κ2) is 7.80. The topological polar surface area (TPSA) is 78.4 Å². The number of nitrogens with zero attached hydrogens (tertiary/aromatic N) is 4. The Bertz CT molecular complexity index is 607. The number of amides is 2. The Balaban J connectivity index is 1.48. The van der Waals surface area contributed by atoms with Gasteiger partial charge in [0.15, 0.2) is 0 Å². The second-order valence-electron chi connectivity index (χ2n) is 7.23. The van der Waals surface area contributed by atoms with Crippen molar-refractivity contribution in [2.24, 2.45) is 5.92 Å². The number of hydrogen-bond acceptors (Lipinski definition) is 5. The molecule has 2 aliphatic rings. The van der Waals surface area contributed by atoms with Gasteiger partial charge in [0.25, 0.3) is 0 Å². The number of likely N-dealkylation sites (tertiary alicyclic amines) is 1. The fraction of sp³-hybridized carbons (Fsp3) is 0.667. The Morgan fingerprint density at radius 1 is 1.24 bits per heavy atom. The summed E-state index contributed by atoms with van der Waals surface area (Å²) in [6.07, 6.45) is 6.05. The van der Waals surface area contributed by atoms with E-state index in [9.17, 15) is 9.59 Å². The van der Waals surface area contributed by atoms with Crippen LogP contribution in [0.4, 0.5) is 5.95 Å². The Morgan fingerprint density at radius 3 is 2.72 bits per heavy atom. The molecule has 7 heteroatoms. The molecule has 2 aliphatic heterocycles. The Kier molecular flexibility index (Phi) is 5.50. The molecule has 3 rings (SSSR count). The predicted octanol–water partition coefficient (Wildman–Crippen LogP) is 1.21. The van der Waals surface area contributed by atoms with E-state index in [1.807, 2.05) is 24.8 Å². The van der Waals surface area contributed by atoms with Crippen LogP contribution >= 0.6 is 0 Å². The molecule has 0 spiro atoms. The number of rotatable bonds is 6. The van der Waals surface area contributed by atoms with E-state index in [0.29, 0.717) is 31.2 Å². The average Bonchev–Trinajstić information content (AvgIpc) is 3.15. The highest BCUT2D eigenvalue weighted by molar-refractivity contribution is 5.79. The van der Waals surface area contributed by atoms with Crippen LogP contribution in [0.1, 0.15) is 39.5 Å². The third-order valence-corrected chi connectivity index (χ3v) is 4.95. The molecule has 0 bridgehead atoms. The maximum Gasteiger partial charge on any atom is 0.225 e. The maximum absolute atomic E-state index is 12.5.